The molecule has 0 radical (unpaired) electrons. The average Bonchev–Trinajstić information content (AvgIpc) is 2.45. The summed E-state index contributed by atoms with van der Waals surface area (Å²) in [4.78, 5) is 25.3. The Bertz CT molecular complexity index is 486. The van der Waals surface area contributed by atoms with Crippen molar-refractivity contribution >= 4 is 17.5 Å². The average molecular weight is 307 g/mol. The van der Waals surface area contributed by atoms with Crippen LogP contribution < -0.4 is 15.4 Å². The maximum absolute atomic E-state index is 11.9. The third-order valence-electron chi connectivity index (χ3n) is 2.91. The van der Waals surface area contributed by atoms with E-state index in [1.54, 1.807) is 43.3 Å². The molecule has 22 heavy (non-hydrogen) atoms. The molecule has 2 N–H and O–H groups in total. The molecule has 0 unspecified atom stereocenters. The van der Waals surface area contributed by atoms with E-state index in [9.17, 15) is 9.59 Å². The van der Waals surface area contributed by atoms with Crippen molar-refractivity contribution < 1.29 is 14.3 Å². The maximum Gasteiger partial charge on any atom is 0.238 e. The van der Waals surface area contributed by atoms with Gasteiger partial charge in [-0.15, -0.1) is 0 Å². The summed E-state index contributed by atoms with van der Waals surface area (Å²) in [5.41, 5.74) is 0.698. The van der Waals surface area contributed by atoms with Crippen molar-refractivity contribution in [2.45, 2.75) is 13.8 Å². The zero-order chi connectivity index (χ0) is 16.5. The first kappa shape index (κ1) is 18.0. The number of likely N-dealkylation sites (N-methyl/N-ethyl adjacent to an activating group) is 1. The Morgan fingerprint density at radius 1 is 1.14 bits per heavy atom. The van der Waals surface area contributed by atoms with Gasteiger partial charge in [-0.3, -0.25) is 14.5 Å². The van der Waals surface area contributed by atoms with Crippen molar-refractivity contribution in [3.8, 4) is 5.75 Å². The first-order chi connectivity index (χ1) is 10.4. The first-order valence-electron chi connectivity index (χ1n) is 7.30. The van der Waals surface area contributed by atoms with Crippen LogP contribution in [0.1, 0.15) is 13.8 Å². The fraction of sp³-hybridized carbons (Fsp3) is 0.500. The molecule has 0 atom stereocenters. The molecule has 1 aromatic rings. The largest absolute Gasteiger partial charge is 0.497 e. The Labute approximate surface area is 131 Å². The Kier molecular flexibility index (Phi) is 7.39. The molecule has 6 heteroatoms. The number of ether oxygens (including phenoxy) is 1. The Hall–Kier alpha value is -2.08. The van der Waals surface area contributed by atoms with E-state index in [0.717, 1.165) is 5.75 Å². The number of nitrogens with zero attached hydrogens (tertiary/aromatic N) is 1. The minimum atomic E-state index is -0.163. The summed E-state index contributed by atoms with van der Waals surface area (Å²) in [5, 5.41) is 5.60. The lowest BCUT2D eigenvalue weighted by atomic mass is 10.2. The van der Waals surface area contributed by atoms with E-state index < -0.39 is 0 Å². The normalized spacial score (nSPS) is 10.6. The van der Waals surface area contributed by atoms with Gasteiger partial charge in [0, 0.05) is 12.2 Å². The second-order valence-corrected chi connectivity index (χ2v) is 5.65. The molecule has 0 aliphatic heterocycles. The monoisotopic (exact) mass is 307 g/mol. The highest BCUT2D eigenvalue weighted by Crippen LogP contribution is 2.14. The van der Waals surface area contributed by atoms with Gasteiger partial charge >= 0.3 is 0 Å². The van der Waals surface area contributed by atoms with Crippen LogP contribution in [0.2, 0.25) is 0 Å². The molecule has 1 aromatic carbocycles. The summed E-state index contributed by atoms with van der Waals surface area (Å²) >= 11 is 0. The van der Waals surface area contributed by atoms with Crippen molar-refractivity contribution in [2.75, 3.05) is 39.1 Å². The minimum Gasteiger partial charge on any atom is -0.497 e. The van der Waals surface area contributed by atoms with Crippen LogP contribution in [0, 0.1) is 5.92 Å². The third kappa shape index (κ3) is 7.08. The van der Waals surface area contributed by atoms with E-state index in [-0.39, 0.29) is 24.9 Å². The second-order valence-electron chi connectivity index (χ2n) is 5.65. The molecule has 6 nitrogen and oxygen atoms in total. The van der Waals surface area contributed by atoms with Crippen molar-refractivity contribution in [1.82, 2.24) is 10.2 Å². The molecule has 0 aliphatic carbocycles. The second kappa shape index (κ2) is 9.04. The van der Waals surface area contributed by atoms with Crippen LogP contribution in [0.15, 0.2) is 24.3 Å². The van der Waals surface area contributed by atoms with Gasteiger partial charge in [-0.25, -0.2) is 0 Å². The molecular formula is C16H25N3O3. The number of anilines is 1. The topological polar surface area (TPSA) is 70.7 Å². The van der Waals surface area contributed by atoms with Gasteiger partial charge in [0.1, 0.15) is 5.75 Å². The van der Waals surface area contributed by atoms with Gasteiger partial charge in [0.05, 0.1) is 20.2 Å². The lowest BCUT2D eigenvalue weighted by molar-refractivity contribution is -0.123. The molecule has 1 rings (SSSR count). The zero-order valence-corrected chi connectivity index (χ0v) is 13.7. The zero-order valence-electron chi connectivity index (χ0n) is 13.7. The SMILES string of the molecule is COc1ccc(NC(=O)CN(C)CC(=O)NCC(C)C)cc1. The number of benzene rings is 1. The molecule has 0 saturated carbocycles. The van der Waals surface area contributed by atoms with Gasteiger partial charge in [0.15, 0.2) is 0 Å². The van der Waals surface area contributed by atoms with Crippen LogP contribution >= 0.6 is 0 Å². The van der Waals surface area contributed by atoms with Gasteiger partial charge in [0.25, 0.3) is 0 Å². The van der Waals surface area contributed by atoms with E-state index in [0.29, 0.717) is 18.2 Å². The standard InChI is InChI=1S/C16H25N3O3/c1-12(2)9-17-15(20)10-19(3)11-16(21)18-13-5-7-14(22-4)8-6-13/h5-8,12H,9-11H2,1-4H3,(H,17,20)(H,18,21). The van der Waals surface area contributed by atoms with Crippen LogP contribution in [-0.2, 0) is 9.59 Å². The third-order valence-corrected chi connectivity index (χ3v) is 2.91. The van der Waals surface area contributed by atoms with E-state index in [1.165, 1.54) is 0 Å². The summed E-state index contributed by atoms with van der Waals surface area (Å²) in [5.74, 6) is 0.905. The summed E-state index contributed by atoms with van der Waals surface area (Å²) in [6.45, 7) is 5.06. The molecule has 0 aromatic heterocycles. The minimum absolute atomic E-state index is 0.0755. The molecular weight excluding hydrogens is 282 g/mol. The predicted octanol–water partition coefficient (Wildman–Crippen LogP) is 1.34. The Balaban J connectivity index is 2.35. The highest BCUT2D eigenvalue weighted by molar-refractivity contribution is 5.92. The fourth-order valence-corrected chi connectivity index (χ4v) is 1.79. The molecule has 0 saturated heterocycles. The summed E-state index contributed by atoms with van der Waals surface area (Å²) < 4.78 is 5.06. The molecule has 122 valence electrons. The fourth-order valence-electron chi connectivity index (χ4n) is 1.79. The smallest absolute Gasteiger partial charge is 0.238 e. The van der Waals surface area contributed by atoms with Crippen LogP contribution in [0.5, 0.6) is 5.75 Å². The van der Waals surface area contributed by atoms with Gasteiger partial charge in [0.2, 0.25) is 11.8 Å². The van der Waals surface area contributed by atoms with Crippen molar-refractivity contribution in [3.05, 3.63) is 24.3 Å². The molecule has 2 amide bonds. The number of rotatable bonds is 8. The maximum atomic E-state index is 11.9. The highest BCUT2D eigenvalue weighted by atomic mass is 16.5. The van der Waals surface area contributed by atoms with Gasteiger partial charge in [-0.1, -0.05) is 13.8 Å². The van der Waals surface area contributed by atoms with Crippen molar-refractivity contribution in [1.29, 1.82) is 0 Å². The van der Waals surface area contributed by atoms with Crippen LogP contribution in [-0.4, -0.2) is 50.5 Å². The lowest BCUT2D eigenvalue weighted by Gasteiger charge is -2.16. The van der Waals surface area contributed by atoms with Gasteiger partial charge in [-0.05, 0) is 37.2 Å². The number of hydrogen-bond donors (Lipinski definition) is 2. The highest BCUT2D eigenvalue weighted by Gasteiger charge is 2.11. The number of hydrogen-bond acceptors (Lipinski definition) is 4. The van der Waals surface area contributed by atoms with Gasteiger partial charge in [-0.2, -0.15) is 0 Å². The van der Waals surface area contributed by atoms with E-state index in [1.807, 2.05) is 13.8 Å². The summed E-state index contributed by atoms with van der Waals surface area (Å²) in [6.07, 6.45) is 0. The number of amides is 2. The van der Waals surface area contributed by atoms with Crippen molar-refractivity contribution in [3.63, 3.8) is 0 Å². The van der Waals surface area contributed by atoms with Crippen molar-refractivity contribution in [2.24, 2.45) is 5.92 Å². The Morgan fingerprint density at radius 2 is 1.73 bits per heavy atom. The number of carbonyl (C=O) groups excluding carboxylic acids is 2. The number of carbonyl (C=O) groups is 2. The van der Waals surface area contributed by atoms with E-state index >= 15 is 0 Å². The van der Waals surface area contributed by atoms with E-state index in [2.05, 4.69) is 10.6 Å². The quantitative estimate of drug-likeness (QED) is 0.760. The summed E-state index contributed by atoms with van der Waals surface area (Å²) in [7, 11) is 3.33. The molecule has 0 bridgehead atoms. The molecule has 0 aliphatic rings. The van der Waals surface area contributed by atoms with Crippen LogP contribution in [0.4, 0.5) is 5.69 Å². The Morgan fingerprint density at radius 3 is 2.27 bits per heavy atom. The molecule has 0 heterocycles. The number of methoxy groups -OCH3 is 1. The van der Waals surface area contributed by atoms with E-state index in [4.69, 9.17) is 4.74 Å². The molecule has 0 spiro atoms. The molecule has 0 fully saturated rings. The van der Waals surface area contributed by atoms with Gasteiger partial charge < -0.3 is 15.4 Å². The predicted molar refractivity (Wildman–Crippen MR) is 87.0 cm³/mol. The summed E-state index contributed by atoms with van der Waals surface area (Å²) in [6, 6.07) is 7.09. The van der Waals surface area contributed by atoms with Crippen LogP contribution in [0.3, 0.4) is 0 Å². The van der Waals surface area contributed by atoms with Crippen LogP contribution in [0.25, 0.3) is 0 Å². The lowest BCUT2D eigenvalue weighted by Crippen LogP contribution is -2.39. The number of nitrogens with one attached hydrogen (secondary N) is 2. The first-order valence-corrected chi connectivity index (χ1v) is 7.30.